The number of benzene rings is 2. The first-order valence-electron chi connectivity index (χ1n) is 10.1. The van der Waals surface area contributed by atoms with Gasteiger partial charge in [0, 0.05) is 28.9 Å². The molecule has 6 heteroatoms. The van der Waals surface area contributed by atoms with E-state index in [1.54, 1.807) is 10.8 Å². The SMILES string of the molecule is Cc1ccc(-c2nn(-c3ccccc3)cc2/C=C/C(=O)OCC(=O)NC(C)(C)C)cc1. The van der Waals surface area contributed by atoms with E-state index >= 15 is 0 Å². The summed E-state index contributed by atoms with van der Waals surface area (Å²) in [6.45, 7) is 7.30. The molecule has 1 aromatic heterocycles. The largest absolute Gasteiger partial charge is 0.452 e. The monoisotopic (exact) mass is 417 g/mol. The standard InChI is InChI=1S/C25H27N3O3/c1-18-10-12-19(13-11-18)24-20(16-28(27-24)21-8-6-5-7-9-21)14-15-23(30)31-17-22(29)26-25(2,3)4/h5-16H,17H2,1-4H3,(H,26,29)/b15-14+. The molecule has 0 aliphatic heterocycles. The second-order valence-electron chi connectivity index (χ2n) is 8.32. The Morgan fingerprint density at radius 1 is 1.06 bits per heavy atom. The summed E-state index contributed by atoms with van der Waals surface area (Å²) in [5.74, 6) is -0.933. The third-order valence-corrected chi connectivity index (χ3v) is 4.35. The Balaban J connectivity index is 1.80. The van der Waals surface area contributed by atoms with Gasteiger partial charge in [-0.1, -0.05) is 48.0 Å². The molecule has 0 saturated carbocycles. The molecule has 31 heavy (non-hydrogen) atoms. The summed E-state index contributed by atoms with van der Waals surface area (Å²) in [6, 6.07) is 17.8. The number of nitrogens with zero attached hydrogens (tertiary/aromatic N) is 2. The Kier molecular flexibility index (Phi) is 6.70. The van der Waals surface area contributed by atoms with Crippen LogP contribution < -0.4 is 5.32 Å². The number of carbonyl (C=O) groups excluding carboxylic acids is 2. The van der Waals surface area contributed by atoms with E-state index in [0.29, 0.717) is 0 Å². The van der Waals surface area contributed by atoms with Gasteiger partial charge in [-0.25, -0.2) is 9.48 Å². The summed E-state index contributed by atoms with van der Waals surface area (Å²) >= 11 is 0. The number of para-hydroxylation sites is 1. The number of aryl methyl sites for hydroxylation is 1. The van der Waals surface area contributed by atoms with Crippen molar-refractivity contribution in [3.05, 3.63) is 78.0 Å². The van der Waals surface area contributed by atoms with E-state index in [9.17, 15) is 9.59 Å². The van der Waals surface area contributed by atoms with Gasteiger partial charge in [0.05, 0.1) is 11.4 Å². The van der Waals surface area contributed by atoms with E-state index in [4.69, 9.17) is 9.84 Å². The minimum atomic E-state index is -0.591. The highest BCUT2D eigenvalue weighted by Crippen LogP contribution is 2.25. The summed E-state index contributed by atoms with van der Waals surface area (Å²) in [5.41, 5.74) is 4.14. The molecular formula is C25H27N3O3. The first-order valence-corrected chi connectivity index (χ1v) is 10.1. The average molecular weight is 418 g/mol. The topological polar surface area (TPSA) is 73.2 Å². The molecule has 0 radical (unpaired) electrons. The zero-order valence-corrected chi connectivity index (χ0v) is 18.3. The van der Waals surface area contributed by atoms with Gasteiger partial charge in [0.25, 0.3) is 5.91 Å². The third-order valence-electron chi connectivity index (χ3n) is 4.35. The number of nitrogens with one attached hydrogen (secondary N) is 1. The molecule has 6 nitrogen and oxygen atoms in total. The lowest BCUT2D eigenvalue weighted by molar-refractivity contribution is -0.144. The van der Waals surface area contributed by atoms with Crippen LogP contribution in [0.2, 0.25) is 0 Å². The van der Waals surface area contributed by atoms with Crippen LogP contribution in [0.5, 0.6) is 0 Å². The van der Waals surface area contributed by atoms with Crippen LogP contribution in [-0.2, 0) is 14.3 Å². The number of carbonyl (C=O) groups is 2. The quantitative estimate of drug-likeness (QED) is 0.479. The molecule has 0 atom stereocenters. The van der Waals surface area contributed by atoms with Crippen LogP contribution in [0.25, 0.3) is 23.0 Å². The third kappa shape index (κ3) is 6.40. The van der Waals surface area contributed by atoms with Gasteiger partial charge in [-0.15, -0.1) is 0 Å². The average Bonchev–Trinajstić information content (AvgIpc) is 3.15. The molecule has 3 aromatic rings. The van der Waals surface area contributed by atoms with Crippen LogP contribution in [0.3, 0.4) is 0 Å². The lowest BCUT2D eigenvalue weighted by atomic mass is 10.1. The molecule has 1 amide bonds. The van der Waals surface area contributed by atoms with Crippen LogP contribution >= 0.6 is 0 Å². The second kappa shape index (κ2) is 9.43. The lowest BCUT2D eigenvalue weighted by Crippen LogP contribution is -2.42. The summed E-state index contributed by atoms with van der Waals surface area (Å²) < 4.78 is 6.83. The molecule has 3 rings (SSSR count). The van der Waals surface area contributed by atoms with E-state index in [-0.39, 0.29) is 18.1 Å². The van der Waals surface area contributed by atoms with Crippen LogP contribution in [0, 0.1) is 6.92 Å². The van der Waals surface area contributed by atoms with Crippen molar-refractivity contribution in [3.8, 4) is 16.9 Å². The number of hydrogen-bond donors (Lipinski definition) is 1. The second-order valence-corrected chi connectivity index (χ2v) is 8.32. The number of hydrogen-bond acceptors (Lipinski definition) is 4. The zero-order valence-electron chi connectivity index (χ0n) is 18.3. The maximum atomic E-state index is 12.1. The zero-order chi connectivity index (χ0) is 22.4. The highest BCUT2D eigenvalue weighted by atomic mass is 16.5. The van der Waals surface area contributed by atoms with Crippen LogP contribution in [-0.4, -0.2) is 33.8 Å². The number of aromatic nitrogens is 2. The van der Waals surface area contributed by atoms with E-state index in [0.717, 1.165) is 28.1 Å². The van der Waals surface area contributed by atoms with Gasteiger partial charge in [0.2, 0.25) is 0 Å². The Morgan fingerprint density at radius 2 is 1.74 bits per heavy atom. The summed E-state index contributed by atoms with van der Waals surface area (Å²) in [5, 5.41) is 7.47. The van der Waals surface area contributed by atoms with Crippen LogP contribution in [0.1, 0.15) is 31.9 Å². The first-order chi connectivity index (χ1) is 14.7. The van der Waals surface area contributed by atoms with Crippen molar-refractivity contribution in [2.24, 2.45) is 0 Å². The molecule has 1 heterocycles. The summed E-state index contributed by atoms with van der Waals surface area (Å²) in [4.78, 5) is 24.0. The highest BCUT2D eigenvalue weighted by Gasteiger charge is 2.15. The van der Waals surface area contributed by atoms with Gasteiger partial charge in [-0.2, -0.15) is 5.10 Å². The fourth-order valence-corrected chi connectivity index (χ4v) is 2.95. The van der Waals surface area contributed by atoms with Crippen molar-refractivity contribution in [1.82, 2.24) is 15.1 Å². The van der Waals surface area contributed by atoms with Gasteiger partial charge in [-0.05, 0) is 45.9 Å². The first kappa shape index (κ1) is 22.0. The van der Waals surface area contributed by atoms with E-state index in [1.165, 1.54) is 6.08 Å². The van der Waals surface area contributed by atoms with Gasteiger partial charge >= 0.3 is 5.97 Å². The molecule has 0 saturated heterocycles. The smallest absolute Gasteiger partial charge is 0.331 e. The molecule has 160 valence electrons. The number of ether oxygens (including phenoxy) is 1. The van der Waals surface area contributed by atoms with Crippen molar-refractivity contribution in [2.45, 2.75) is 33.2 Å². The number of amides is 1. The summed E-state index contributed by atoms with van der Waals surface area (Å²) in [6.07, 6.45) is 4.83. The number of esters is 1. The van der Waals surface area contributed by atoms with Crippen LogP contribution in [0.4, 0.5) is 0 Å². The van der Waals surface area contributed by atoms with Gasteiger partial charge in [0.15, 0.2) is 6.61 Å². The van der Waals surface area contributed by atoms with Gasteiger partial charge < -0.3 is 10.1 Å². The van der Waals surface area contributed by atoms with Crippen molar-refractivity contribution < 1.29 is 14.3 Å². The van der Waals surface area contributed by atoms with Crippen molar-refractivity contribution in [3.63, 3.8) is 0 Å². The fraction of sp³-hybridized carbons (Fsp3) is 0.240. The van der Waals surface area contributed by atoms with E-state index in [1.807, 2.05) is 88.5 Å². The molecule has 0 fully saturated rings. The van der Waals surface area contributed by atoms with Crippen molar-refractivity contribution in [2.75, 3.05) is 6.61 Å². The maximum Gasteiger partial charge on any atom is 0.331 e. The molecule has 0 aliphatic rings. The molecule has 0 aliphatic carbocycles. The Hall–Kier alpha value is -3.67. The highest BCUT2D eigenvalue weighted by molar-refractivity contribution is 5.90. The number of rotatable bonds is 6. The molecule has 0 spiro atoms. The summed E-state index contributed by atoms with van der Waals surface area (Å²) in [7, 11) is 0. The predicted octanol–water partition coefficient (Wildman–Crippen LogP) is 4.32. The van der Waals surface area contributed by atoms with Crippen molar-refractivity contribution in [1.29, 1.82) is 0 Å². The van der Waals surface area contributed by atoms with Gasteiger partial charge in [-0.3, -0.25) is 4.79 Å². The Morgan fingerprint density at radius 3 is 2.39 bits per heavy atom. The minimum Gasteiger partial charge on any atom is -0.452 e. The molecular weight excluding hydrogens is 390 g/mol. The lowest BCUT2D eigenvalue weighted by Gasteiger charge is -2.20. The van der Waals surface area contributed by atoms with Crippen molar-refractivity contribution >= 4 is 18.0 Å². The fourth-order valence-electron chi connectivity index (χ4n) is 2.95. The predicted molar refractivity (Wildman–Crippen MR) is 122 cm³/mol. The molecule has 2 aromatic carbocycles. The van der Waals surface area contributed by atoms with Crippen LogP contribution in [0.15, 0.2) is 66.9 Å². The molecule has 0 unspecified atom stereocenters. The van der Waals surface area contributed by atoms with Gasteiger partial charge in [0.1, 0.15) is 0 Å². The molecule has 0 bridgehead atoms. The molecule has 1 N–H and O–H groups in total. The minimum absolute atomic E-state index is 0.325. The normalized spacial score (nSPS) is 11.5. The van der Waals surface area contributed by atoms with E-state index in [2.05, 4.69) is 5.32 Å². The Bertz CT molecular complexity index is 1080. The maximum absolute atomic E-state index is 12.1. The van der Waals surface area contributed by atoms with E-state index < -0.39 is 5.97 Å². The Labute approximate surface area is 182 Å².